The number of Topliss-reactive ketones (excluding diaryl/α,β-unsaturated/α-hetero) is 1. The summed E-state index contributed by atoms with van der Waals surface area (Å²) in [5.41, 5.74) is 0.451. The van der Waals surface area contributed by atoms with E-state index in [1.54, 1.807) is 36.4 Å². The highest BCUT2D eigenvalue weighted by molar-refractivity contribution is 6.46. The van der Waals surface area contributed by atoms with Gasteiger partial charge in [0.05, 0.1) is 38.1 Å². The fraction of sp³-hybridized carbons (Fsp3) is 0.333. The van der Waals surface area contributed by atoms with Crippen LogP contribution in [0, 0.1) is 0 Å². The summed E-state index contributed by atoms with van der Waals surface area (Å²) in [5, 5.41) is 11.4. The fourth-order valence-electron chi connectivity index (χ4n) is 3.81. The van der Waals surface area contributed by atoms with Crippen molar-refractivity contribution >= 4 is 29.1 Å². The molecule has 4 rings (SSSR count). The maximum atomic E-state index is 12.9. The zero-order chi connectivity index (χ0) is 20.4. The lowest BCUT2D eigenvalue weighted by Gasteiger charge is -2.28. The zero-order valence-corrected chi connectivity index (χ0v) is 16.5. The molecule has 7 nitrogen and oxygen atoms in total. The number of aliphatic hydroxyl groups is 1. The smallest absolute Gasteiger partial charge is 0.295 e. The molecular weight excluding hydrogens is 396 g/mol. The first-order valence-corrected chi connectivity index (χ1v) is 9.93. The molecule has 2 saturated heterocycles. The van der Waals surface area contributed by atoms with E-state index in [2.05, 4.69) is 0 Å². The Morgan fingerprint density at radius 2 is 1.90 bits per heavy atom. The zero-order valence-electron chi connectivity index (χ0n) is 15.8. The number of morpholine rings is 1. The maximum Gasteiger partial charge on any atom is 0.295 e. The molecule has 2 aliphatic rings. The second kappa shape index (κ2) is 8.41. The van der Waals surface area contributed by atoms with Gasteiger partial charge in [0.25, 0.3) is 11.7 Å². The van der Waals surface area contributed by atoms with E-state index >= 15 is 0 Å². The van der Waals surface area contributed by atoms with Crippen molar-refractivity contribution in [2.24, 2.45) is 0 Å². The largest absolute Gasteiger partial charge is 0.507 e. The van der Waals surface area contributed by atoms with E-state index < -0.39 is 17.7 Å². The number of likely N-dealkylation sites (tertiary alicyclic amines) is 1. The number of halogens is 1. The number of ketones is 1. The van der Waals surface area contributed by atoms with Crippen LogP contribution in [0.3, 0.4) is 0 Å². The van der Waals surface area contributed by atoms with E-state index in [9.17, 15) is 14.7 Å². The SMILES string of the molecule is O=C1C(=O)N(CC[NH+]2CCOCC2)C(c2ccco2)C1=C(O)c1ccc(Cl)cc1. The fourth-order valence-corrected chi connectivity index (χ4v) is 3.93. The molecule has 152 valence electrons. The Hall–Kier alpha value is -2.61. The molecule has 2 aliphatic heterocycles. The van der Waals surface area contributed by atoms with E-state index in [4.69, 9.17) is 20.8 Å². The Labute approximate surface area is 173 Å². The number of hydrogen-bond acceptors (Lipinski definition) is 5. The van der Waals surface area contributed by atoms with E-state index in [0.29, 0.717) is 42.6 Å². The highest BCUT2D eigenvalue weighted by atomic mass is 35.5. The first-order valence-electron chi connectivity index (χ1n) is 9.55. The molecule has 1 aromatic carbocycles. The number of nitrogens with one attached hydrogen (secondary N) is 1. The predicted octanol–water partition coefficient (Wildman–Crippen LogP) is 1.27. The van der Waals surface area contributed by atoms with Gasteiger partial charge in [0.1, 0.15) is 30.7 Å². The van der Waals surface area contributed by atoms with Gasteiger partial charge in [-0.3, -0.25) is 9.59 Å². The molecule has 0 radical (unpaired) electrons. The van der Waals surface area contributed by atoms with Gasteiger partial charge in [-0.05, 0) is 36.4 Å². The number of amides is 1. The average molecular weight is 418 g/mol. The van der Waals surface area contributed by atoms with Gasteiger partial charge in [-0.2, -0.15) is 0 Å². The van der Waals surface area contributed by atoms with Gasteiger partial charge < -0.3 is 24.1 Å². The number of carbonyl (C=O) groups is 2. The Morgan fingerprint density at radius 1 is 1.17 bits per heavy atom. The molecule has 1 aromatic heterocycles. The molecule has 0 bridgehead atoms. The standard InChI is InChI=1S/C21H21ClN2O5/c22-15-5-3-14(4-6-15)19(25)17-18(16-2-1-11-29-16)24(21(27)20(17)26)8-7-23-9-12-28-13-10-23/h1-6,11,18,25H,7-10,12-13H2/p+1. The molecule has 1 unspecified atom stereocenters. The Kier molecular flexibility index (Phi) is 5.71. The van der Waals surface area contributed by atoms with Crippen LogP contribution in [0.5, 0.6) is 0 Å². The van der Waals surface area contributed by atoms with E-state index in [-0.39, 0.29) is 11.3 Å². The molecular formula is C21H22ClN2O5+. The minimum absolute atomic E-state index is 0.0317. The highest BCUT2D eigenvalue weighted by Gasteiger charge is 2.47. The molecule has 8 heteroatoms. The molecule has 2 aromatic rings. The first kappa shape index (κ1) is 19.7. The molecule has 0 aliphatic carbocycles. The maximum absolute atomic E-state index is 12.9. The van der Waals surface area contributed by atoms with Crippen molar-refractivity contribution in [3.05, 3.63) is 64.6 Å². The minimum atomic E-state index is -0.763. The third-order valence-corrected chi connectivity index (χ3v) is 5.63. The molecule has 2 fully saturated rings. The Balaban J connectivity index is 1.68. The summed E-state index contributed by atoms with van der Waals surface area (Å²) in [6, 6.07) is 9.11. The minimum Gasteiger partial charge on any atom is -0.507 e. The van der Waals surface area contributed by atoms with Crippen molar-refractivity contribution in [1.82, 2.24) is 4.90 Å². The first-order chi connectivity index (χ1) is 14.1. The van der Waals surface area contributed by atoms with Crippen molar-refractivity contribution in [3.63, 3.8) is 0 Å². The lowest BCUT2D eigenvalue weighted by molar-refractivity contribution is -0.907. The molecule has 2 N–H and O–H groups in total. The summed E-state index contributed by atoms with van der Waals surface area (Å²) in [6.07, 6.45) is 1.49. The second-order valence-electron chi connectivity index (χ2n) is 7.13. The highest BCUT2D eigenvalue weighted by Crippen LogP contribution is 2.39. The van der Waals surface area contributed by atoms with Crippen LogP contribution in [0.2, 0.25) is 5.02 Å². The summed E-state index contributed by atoms with van der Waals surface area (Å²) in [4.78, 5) is 28.5. The van der Waals surface area contributed by atoms with Crippen LogP contribution in [0.4, 0.5) is 0 Å². The lowest BCUT2D eigenvalue weighted by atomic mass is 9.99. The van der Waals surface area contributed by atoms with Crippen molar-refractivity contribution in [2.45, 2.75) is 6.04 Å². The van der Waals surface area contributed by atoms with Gasteiger partial charge in [0.2, 0.25) is 0 Å². The number of rotatable bonds is 5. The molecule has 0 spiro atoms. The van der Waals surface area contributed by atoms with Crippen molar-refractivity contribution < 1.29 is 28.7 Å². The van der Waals surface area contributed by atoms with Crippen molar-refractivity contribution in [3.8, 4) is 0 Å². The van der Waals surface area contributed by atoms with Crippen LogP contribution >= 0.6 is 11.6 Å². The van der Waals surface area contributed by atoms with Crippen LogP contribution in [0.1, 0.15) is 17.4 Å². The van der Waals surface area contributed by atoms with Crippen LogP contribution in [-0.4, -0.2) is 61.1 Å². The molecule has 3 heterocycles. The Morgan fingerprint density at radius 3 is 2.55 bits per heavy atom. The number of aliphatic hydroxyl groups excluding tert-OH is 1. The predicted molar refractivity (Wildman–Crippen MR) is 106 cm³/mol. The van der Waals surface area contributed by atoms with Crippen molar-refractivity contribution in [1.29, 1.82) is 0 Å². The molecule has 1 atom stereocenters. The number of furan rings is 1. The van der Waals surface area contributed by atoms with Gasteiger partial charge in [0, 0.05) is 10.6 Å². The van der Waals surface area contributed by atoms with Crippen LogP contribution in [0.25, 0.3) is 5.76 Å². The third-order valence-electron chi connectivity index (χ3n) is 5.38. The number of hydrogen-bond donors (Lipinski definition) is 2. The normalized spacial score (nSPS) is 22.4. The number of quaternary nitrogens is 1. The van der Waals surface area contributed by atoms with Gasteiger partial charge in [-0.1, -0.05) is 11.6 Å². The average Bonchev–Trinajstić information content (AvgIpc) is 3.35. The molecule has 0 saturated carbocycles. The number of nitrogens with zero attached hydrogens (tertiary/aromatic N) is 1. The summed E-state index contributed by atoms with van der Waals surface area (Å²) in [6.45, 7) is 4.16. The summed E-state index contributed by atoms with van der Waals surface area (Å²) in [7, 11) is 0. The quantitative estimate of drug-likeness (QED) is 0.435. The summed E-state index contributed by atoms with van der Waals surface area (Å²) < 4.78 is 10.9. The third kappa shape index (κ3) is 3.94. The second-order valence-corrected chi connectivity index (χ2v) is 7.56. The number of benzene rings is 1. The van der Waals surface area contributed by atoms with Crippen molar-refractivity contribution in [2.75, 3.05) is 39.4 Å². The van der Waals surface area contributed by atoms with E-state index in [0.717, 1.165) is 13.1 Å². The van der Waals surface area contributed by atoms with Gasteiger partial charge in [-0.25, -0.2) is 0 Å². The summed E-state index contributed by atoms with van der Waals surface area (Å²) >= 11 is 5.92. The van der Waals surface area contributed by atoms with Gasteiger partial charge >= 0.3 is 0 Å². The topological polar surface area (TPSA) is 84.4 Å². The van der Waals surface area contributed by atoms with Gasteiger partial charge in [-0.15, -0.1) is 0 Å². The van der Waals surface area contributed by atoms with Crippen LogP contribution in [-0.2, 0) is 14.3 Å². The van der Waals surface area contributed by atoms with Crippen LogP contribution in [0.15, 0.2) is 52.7 Å². The van der Waals surface area contributed by atoms with E-state index in [1.165, 1.54) is 16.1 Å². The lowest BCUT2D eigenvalue weighted by Crippen LogP contribution is -3.14. The van der Waals surface area contributed by atoms with E-state index in [1.807, 2.05) is 0 Å². The van der Waals surface area contributed by atoms with Gasteiger partial charge in [0.15, 0.2) is 0 Å². The monoisotopic (exact) mass is 417 g/mol. The number of ether oxygens (including phenoxy) is 1. The van der Waals surface area contributed by atoms with Crippen LogP contribution < -0.4 is 4.90 Å². The summed E-state index contributed by atoms with van der Waals surface area (Å²) in [5.74, 6) is -1.13. The molecule has 1 amide bonds. The molecule has 29 heavy (non-hydrogen) atoms. The Bertz CT molecular complexity index is 917. The number of carbonyl (C=O) groups excluding carboxylic acids is 2.